The van der Waals surface area contributed by atoms with Gasteiger partial charge < -0.3 is 10.2 Å². The number of nitrogens with one attached hydrogen (secondary N) is 1. The fourth-order valence-corrected chi connectivity index (χ4v) is 3.53. The molecular weight excluding hydrogens is 267 g/mol. The first-order chi connectivity index (χ1) is 9.40. The summed E-state index contributed by atoms with van der Waals surface area (Å²) in [5.74, 6) is -1.15. The highest BCUT2D eigenvalue weighted by atomic mass is 19.4. The van der Waals surface area contributed by atoms with E-state index in [4.69, 9.17) is 0 Å². The van der Waals surface area contributed by atoms with Gasteiger partial charge in [-0.3, -0.25) is 0 Å². The molecule has 2 unspecified atom stereocenters. The van der Waals surface area contributed by atoms with Crippen LogP contribution in [0.2, 0.25) is 0 Å². The minimum Gasteiger partial charge on any atom is -0.302 e. The van der Waals surface area contributed by atoms with Crippen molar-refractivity contribution in [2.45, 2.75) is 56.3 Å². The topological polar surface area (TPSA) is 39.1 Å². The van der Waals surface area contributed by atoms with E-state index in [0.717, 1.165) is 25.7 Å². The van der Waals surface area contributed by atoms with Gasteiger partial charge in [0.2, 0.25) is 0 Å². The average Bonchev–Trinajstić information content (AvgIpc) is 2.46. The zero-order valence-electron chi connectivity index (χ0n) is 11.8. The van der Waals surface area contributed by atoms with Crippen LogP contribution in [0.5, 0.6) is 0 Å². The zero-order valence-corrected chi connectivity index (χ0v) is 11.8. The van der Waals surface area contributed by atoms with Crippen molar-refractivity contribution in [3.63, 3.8) is 0 Å². The Morgan fingerprint density at radius 2 is 1.90 bits per heavy atom. The van der Waals surface area contributed by atoms with E-state index in [1.54, 1.807) is 7.05 Å². The van der Waals surface area contributed by atoms with E-state index in [-0.39, 0.29) is 18.9 Å². The summed E-state index contributed by atoms with van der Waals surface area (Å²) in [5.41, 5.74) is -0.496. The lowest BCUT2D eigenvalue weighted by Gasteiger charge is -2.44. The molecule has 2 aliphatic rings. The van der Waals surface area contributed by atoms with E-state index < -0.39 is 17.6 Å². The Labute approximate surface area is 118 Å². The van der Waals surface area contributed by atoms with Crippen LogP contribution in [0.25, 0.3) is 0 Å². The molecule has 0 spiro atoms. The monoisotopic (exact) mass is 289 g/mol. The number of hydrogen-bond donors (Lipinski definition) is 1. The van der Waals surface area contributed by atoms with Crippen LogP contribution in [0.1, 0.15) is 38.5 Å². The second-order valence-electron chi connectivity index (χ2n) is 6.05. The van der Waals surface area contributed by atoms with Crippen molar-refractivity contribution in [1.82, 2.24) is 10.2 Å². The van der Waals surface area contributed by atoms with Crippen LogP contribution in [0, 0.1) is 17.2 Å². The van der Waals surface area contributed by atoms with Gasteiger partial charge in [0, 0.05) is 6.04 Å². The summed E-state index contributed by atoms with van der Waals surface area (Å²) in [7, 11) is 1.79. The van der Waals surface area contributed by atoms with Crippen molar-refractivity contribution in [3.05, 3.63) is 0 Å². The molecule has 2 fully saturated rings. The van der Waals surface area contributed by atoms with Gasteiger partial charge in [0.05, 0.1) is 12.0 Å². The summed E-state index contributed by atoms with van der Waals surface area (Å²) in [6.07, 6.45) is -0.176. The zero-order chi connectivity index (χ0) is 14.8. The van der Waals surface area contributed by atoms with Crippen LogP contribution in [0.15, 0.2) is 0 Å². The number of likely N-dealkylation sites (tertiary alicyclic amines) is 1. The third-order valence-electron chi connectivity index (χ3n) is 4.93. The number of nitrogens with zero attached hydrogens (tertiary/aromatic N) is 2. The number of nitriles is 1. The van der Waals surface area contributed by atoms with E-state index >= 15 is 0 Å². The Bertz CT molecular complexity index is 369. The number of halogens is 3. The van der Waals surface area contributed by atoms with E-state index in [9.17, 15) is 18.4 Å². The summed E-state index contributed by atoms with van der Waals surface area (Å²) >= 11 is 0. The maximum atomic E-state index is 12.7. The van der Waals surface area contributed by atoms with Gasteiger partial charge in [-0.1, -0.05) is 0 Å². The predicted molar refractivity (Wildman–Crippen MR) is 70.0 cm³/mol. The minimum absolute atomic E-state index is 0.194. The van der Waals surface area contributed by atoms with Gasteiger partial charge >= 0.3 is 6.18 Å². The van der Waals surface area contributed by atoms with E-state index in [0.29, 0.717) is 13.1 Å². The molecule has 1 heterocycles. The van der Waals surface area contributed by atoms with Gasteiger partial charge in [0.25, 0.3) is 0 Å². The second kappa shape index (κ2) is 5.90. The van der Waals surface area contributed by atoms with Crippen molar-refractivity contribution in [1.29, 1.82) is 5.26 Å². The first-order valence-electron chi connectivity index (χ1n) is 7.31. The van der Waals surface area contributed by atoms with Crippen LogP contribution in [0.3, 0.4) is 0 Å². The van der Waals surface area contributed by atoms with Gasteiger partial charge in [-0.25, -0.2) is 0 Å². The Hall–Kier alpha value is -0.800. The van der Waals surface area contributed by atoms with Crippen molar-refractivity contribution in [2.75, 3.05) is 20.1 Å². The van der Waals surface area contributed by atoms with Crippen molar-refractivity contribution in [3.8, 4) is 6.07 Å². The molecule has 0 aromatic carbocycles. The number of alkyl halides is 3. The Balaban J connectivity index is 1.92. The van der Waals surface area contributed by atoms with Crippen LogP contribution < -0.4 is 5.32 Å². The lowest BCUT2D eigenvalue weighted by Crippen LogP contribution is -2.53. The van der Waals surface area contributed by atoms with E-state index in [1.165, 1.54) is 0 Å². The molecule has 1 saturated carbocycles. The lowest BCUT2D eigenvalue weighted by atomic mass is 9.78. The molecule has 1 saturated heterocycles. The normalized spacial score (nSPS) is 33.9. The summed E-state index contributed by atoms with van der Waals surface area (Å²) in [5, 5.41) is 12.4. The summed E-state index contributed by atoms with van der Waals surface area (Å²) in [6, 6.07) is 2.59. The maximum absolute atomic E-state index is 12.7. The van der Waals surface area contributed by atoms with E-state index in [1.807, 2.05) is 0 Å². The first kappa shape index (κ1) is 15.6. The molecule has 6 heteroatoms. The quantitative estimate of drug-likeness (QED) is 0.849. The highest BCUT2D eigenvalue weighted by molar-refractivity contribution is 5.10. The molecule has 20 heavy (non-hydrogen) atoms. The maximum Gasteiger partial charge on any atom is 0.391 e. The fraction of sp³-hybridized carbons (Fsp3) is 0.929. The molecule has 2 atom stereocenters. The largest absolute Gasteiger partial charge is 0.391 e. The van der Waals surface area contributed by atoms with Gasteiger partial charge in [-0.2, -0.15) is 18.4 Å². The predicted octanol–water partition coefficient (Wildman–Crippen LogP) is 2.69. The molecular formula is C14H22F3N3. The number of piperidine rings is 1. The SMILES string of the molecule is CNC1(C#N)CCCC(N2CCC(C(F)(F)F)CC2)C1. The third-order valence-corrected chi connectivity index (χ3v) is 4.93. The molecule has 3 nitrogen and oxygen atoms in total. The van der Waals surface area contributed by atoms with Crippen LogP contribution in [0.4, 0.5) is 13.2 Å². The minimum atomic E-state index is -4.06. The van der Waals surface area contributed by atoms with Crippen LogP contribution in [-0.4, -0.2) is 42.8 Å². The summed E-state index contributed by atoms with van der Waals surface area (Å²) in [4.78, 5) is 2.16. The smallest absolute Gasteiger partial charge is 0.302 e. The van der Waals surface area contributed by atoms with E-state index in [2.05, 4.69) is 16.3 Å². The average molecular weight is 289 g/mol. The Kier molecular flexibility index (Phi) is 4.60. The van der Waals surface area contributed by atoms with Gasteiger partial charge in [-0.05, 0) is 58.7 Å². The Morgan fingerprint density at radius 1 is 1.25 bits per heavy atom. The molecule has 1 aliphatic heterocycles. The molecule has 1 aliphatic carbocycles. The van der Waals surface area contributed by atoms with Gasteiger partial charge in [-0.15, -0.1) is 0 Å². The molecule has 0 bridgehead atoms. The Morgan fingerprint density at radius 3 is 2.40 bits per heavy atom. The van der Waals surface area contributed by atoms with Crippen molar-refractivity contribution in [2.24, 2.45) is 5.92 Å². The molecule has 0 radical (unpaired) electrons. The van der Waals surface area contributed by atoms with Gasteiger partial charge in [0.1, 0.15) is 5.54 Å². The molecule has 0 amide bonds. The van der Waals surface area contributed by atoms with Crippen LogP contribution >= 0.6 is 0 Å². The molecule has 114 valence electrons. The highest BCUT2D eigenvalue weighted by Crippen LogP contribution is 2.37. The molecule has 0 aromatic rings. The van der Waals surface area contributed by atoms with Gasteiger partial charge in [0.15, 0.2) is 0 Å². The first-order valence-corrected chi connectivity index (χ1v) is 7.31. The molecule has 1 N–H and O–H groups in total. The highest BCUT2D eigenvalue weighted by Gasteiger charge is 2.43. The number of hydrogen-bond acceptors (Lipinski definition) is 3. The second-order valence-corrected chi connectivity index (χ2v) is 6.05. The fourth-order valence-electron chi connectivity index (χ4n) is 3.53. The summed E-state index contributed by atoms with van der Waals surface area (Å²) in [6.45, 7) is 1.00. The number of rotatable bonds is 2. The third kappa shape index (κ3) is 3.26. The molecule has 0 aromatic heterocycles. The summed E-state index contributed by atoms with van der Waals surface area (Å²) < 4.78 is 38.0. The standard InChI is InChI=1S/C14H22F3N3/c1-19-13(10-18)6-2-3-12(9-13)20-7-4-11(5-8-20)14(15,16)17/h11-12,19H,2-9H2,1H3. The lowest BCUT2D eigenvalue weighted by molar-refractivity contribution is -0.186. The van der Waals surface area contributed by atoms with Crippen molar-refractivity contribution >= 4 is 0 Å². The van der Waals surface area contributed by atoms with Crippen molar-refractivity contribution < 1.29 is 13.2 Å². The molecule has 2 rings (SSSR count). The van der Waals surface area contributed by atoms with Crippen LogP contribution in [-0.2, 0) is 0 Å².